The van der Waals surface area contributed by atoms with Crippen molar-refractivity contribution < 1.29 is 14.6 Å². The minimum atomic E-state index is -1.47. The number of carboxylic acids is 1. The van der Waals surface area contributed by atoms with Gasteiger partial charge < -0.3 is 15.6 Å². The zero-order chi connectivity index (χ0) is 14.8. The van der Waals surface area contributed by atoms with Gasteiger partial charge in [-0.3, -0.25) is 0 Å². The highest BCUT2D eigenvalue weighted by Gasteiger charge is 2.34. The van der Waals surface area contributed by atoms with Crippen molar-refractivity contribution in [2.75, 3.05) is 6.61 Å². The summed E-state index contributed by atoms with van der Waals surface area (Å²) in [7, 11) is 0. The van der Waals surface area contributed by atoms with Crippen molar-refractivity contribution in [1.82, 2.24) is 0 Å². The van der Waals surface area contributed by atoms with Gasteiger partial charge in [-0.2, -0.15) is 0 Å². The molecule has 1 rings (SSSR count). The Balaban J connectivity index is 3.43. The van der Waals surface area contributed by atoms with E-state index in [1.165, 1.54) is 6.92 Å². The molecule has 1 unspecified atom stereocenters. The third-order valence-electron chi connectivity index (χ3n) is 3.15. The van der Waals surface area contributed by atoms with E-state index in [-0.39, 0.29) is 5.41 Å². The molecule has 4 heteroatoms. The lowest BCUT2D eigenvalue weighted by Gasteiger charge is -2.26. The van der Waals surface area contributed by atoms with Crippen LogP contribution in [0.15, 0.2) is 18.2 Å². The largest absolute Gasteiger partial charge is 0.494 e. The molecule has 1 atom stereocenters. The van der Waals surface area contributed by atoms with Crippen LogP contribution in [0.3, 0.4) is 0 Å². The summed E-state index contributed by atoms with van der Waals surface area (Å²) in [6.07, 6.45) is 0. The molecule has 3 N–H and O–H groups in total. The first-order chi connectivity index (χ1) is 8.60. The Bertz CT molecular complexity index is 473. The van der Waals surface area contributed by atoms with Gasteiger partial charge in [-0.1, -0.05) is 26.8 Å². The van der Waals surface area contributed by atoms with E-state index in [2.05, 4.69) is 20.8 Å². The van der Waals surface area contributed by atoms with Crippen LogP contribution in [-0.4, -0.2) is 17.7 Å². The molecule has 0 aromatic heterocycles. The lowest BCUT2D eigenvalue weighted by Crippen LogP contribution is -2.42. The molecular formula is C15H23NO3. The van der Waals surface area contributed by atoms with E-state index in [0.29, 0.717) is 17.9 Å². The van der Waals surface area contributed by atoms with Gasteiger partial charge in [0.25, 0.3) is 0 Å². The van der Waals surface area contributed by atoms with Crippen molar-refractivity contribution in [2.24, 2.45) is 5.73 Å². The molecule has 0 aliphatic heterocycles. The van der Waals surface area contributed by atoms with Gasteiger partial charge in [-0.15, -0.1) is 0 Å². The summed E-state index contributed by atoms with van der Waals surface area (Å²) in [5.41, 5.74) is 5.94. The maximum Gasteiger partial charge on any atom is 0.328 e. The summed E-state index contributed by atoms with van der Waals surface area (Å²) in [6.45, 7) is 10.0. The van der Waals surface area contributed by atoms with E-state index in [1.807, 2.05) is 19.1 Å². The molecule has 0 fully saturated rings. The quantitative estimate of drug-likeness (QED) is 0.877. The third-order valence-corrected chi connectivity index (χ3v) is 3.15. The summed E-state index contributed by atoms with van der Waals surface area (Å²) in [5.74, 6) is -0.539. The second-order valence-corrected chi connectivity index (χ2v) is 5.90. The molecule has 0 bridgehead atoms. The van der Waals surface area contributed by atoms with Crippen LogP contribution in [-0.2, 0) is 15.7 Å². The summed E-state index contributed by atoms with van der Waals surface area (Å²) in [6, 6.07) is 5.58. The number of ether oxygens (including phenoxy) is 1. The molecular weight excluding hydrogens is 242 g/mol. The highest BCUT2D eigenvalue weighted by atomic mass is 16.5. The summed E-state index contributed by atoms with van der Waals surface area (Å²) < 4.78 is 5.50. The first kappa shape index (κ1) is 15.5. The summed E-state index contributed by atoms with van der Waals surface area (Å²) in [5, 5.41) is 9.30. The zero-order valence-corrected chi connectivity index (χ0v) is 12.3. The Morgan fingerprint density at radius 1 is 1.32 bits per heavy atom. The third kappa shape index (κ3) is 3.26. The molecule has 1 aromatic rings. The van der Waals surface area contributed by atoms with Crippen LogP contribution < -0.4 is 10.5 Å². The summed E-state index contributed by atoms with van der Waals surface area (Å²) in [4.78, 5) is 11.4. The fourth-order valence-corrected chi connectivity index (χ4v) is 1.80. The second kappa shape index (κ2) is 5.21. The maximum atomic E-state index is 11.4. The number of carboxylic acid groups (broad SMARTS) is 1. The summed E-state index contributed by atoms with van der Waals surface area (Å²) >= 11 is 0. The molecule has 19 heavy (non-hydrogen) atoms. The van der Waals surface area contributed by atoms with Gasteiger partial charge in [0.1, 0.15) is 11.3 Å². The fourth-order valence-electron chi connectivity index (χ4n) is 1.80. The molecule has 4 nitrogen and oxygen atoms in total. The molecule has 0 aliphatic carbocycles. The molecule has 1 aromatic carbocycles. The molecule has 0 radical (unpaired) electrons. The van der Waals surface area contributed by atoms with Crippen LogP contribution in [0.1, 0.15) is 45.7 Å². The lowest BCUT2D eigenvalue weighted by atomic mass is 9.82. The Kier molecular flexibility index (Phi) is 4.25. The lowest BCUT2D eigenvalue weighted by molar-refractivity contribution is -0.143. The van der Waals surface area contributed by atoms with Crippen molar-refractivity contribution in [1.29, 1.82) is 0 Å². The molecule has 0 spiro atoms. The van der Waals surface area contributed by atoms with Crippen molar-refractivity contribution in [2.45, 2.75) is 45.6 Å². The topological polar surface area (TPSA) is 72.5 Å². The average molecular weight is 265 g/mol. The molecule has 0 amide bonds. The van der Waals surface area contributed by atoms with Crippen LogP contribution in [0.5, 0.6) is 5.75 Å². The van der Waals surface area contributed by atoms with E-state index in [4.69, 9.17) is 10.5 Å². The Morgan fingerprint density at radius 3 is 2.32 bits per heavy atom. The number of nitrogens with two attached hydrogens (primary N) is 1. The van der Waals surface area contributed by atoms with Gasteiger partial charge in [-0.05, 0) is 37.0 Å². The van der Waals surface area contributed by atoms with Crippen LogP contribution in [0.4, 0.5) is 0 Å². The number of carbonyl (C=O) groups is 1. The van der Waals surface area contributed by atoms with Gasteiger partial charge >= 0.3 is 5.97 Å². The first-order valence-electron chi connectivity index (χ1n) is 6.40. The maximum absolute atomic E-state index is 11.4. The molecule has 0 saturated heterocycles. The Labute approximate surface area is 114 Å². The van der Waals surface area contributed by atoms with E-state index < -0.39 is 11.5 Å². The van der Waals surface area contributed by atoms with Crippen molar-refractivity contribution in [3.05, 3.63) is 29.3 Å². The monoisotopic (exact) mass is 265 g/mol. The Morgan fingerprint density at radius 2 is 1.89 bits per heavy atom. The first-order valence-corrected chi connectivity index (χ1v) is 6.40. The predicted molar refractivity (Wildman–Crippen MR) is 75.5 cm³/mol. The van der Waals surface area contributed by atoms with Crippen LogP contribution in [0.2, 0.25) is 0 Å². The molecule has 0 saturated carbocycles. The van der Waals surface area contributed by atoms with Crippen molar-refractivity contribution in [3.63, 3.8) is 0 Å². The van der Waals surface area contributed by atoms with Gasteiger partial charge in [0.05, 0.1) is 6.61 Å². The van der Waals surface area contributed by atoms with Gasteiger partial charge in [0.2, 0.25) is 0 Å². The minimum absolute atomic E-state index is 0.0753. The zero-order valence-electron chi connectivity index (χ0n) is 12.3. The standard InChI is InChI=1S/C15H23NO3/c1-6-19-12-8-7-10(14(2,3)4)9-11(12)15(5,16)13(17)18/h7-9H,6,16H2,1-5H3,(H,17,18). The predicted octanol–water partition coefficient (Wildman–Crippen LogP) is 2.64. The van der Waals surface area contributed by atoms with E-state index in [0.717, 1.165) is 5.56 Å². The molecule has 0 heterocycles. The van der Waals surface area contributed by atoms with E-state index in [1.54, 1.807) is 6.07 Å². The highest BCUT2D eigenvalue weighted by Crippen LogP contribution is 2.33. The number of hydrogen-bond donors (Lipinski definition) is 2. The molecule has 106 valence electrons. The number of benzene rings is 1. The normalized spacial score (nSPS) is 14.8. The number of hydrogen-bond acceptors (Lipinski definition) is 3. The van der Waals surface area contributed by atoms with Crippen molar-refractivity contribution in [3.8, 4) is 5.75 Å². The minimum Gasteiger partial charge on any atom is -0.494 e. The fraction of sp³-hybridized carbons (Fsp3) is 0.533. The van der Waals surface area contributed by atoms with E-state index >= 15 is 0 Å². The second-order valence-electron chi connectivity index (χ2n) is 5.90. The molecule has 0 aliphatic rings. The van der Waals surface area contributed by atoms with E-state index in [9.17, 15) is 9.90 Å². The van der Waals surface area contributed by atoms with Crippen LogP contribution in [0.25, 0.3) is 0 Å². The van der Waals surface area contributed by atoms with Crippen molar-refractivity contribution >= 4 is 5.97 Å². The number of rotatable bonds is 4. The highest BCUT2D eigenvalue weighted by molar-refractivity contribution is 5.81. The number of aliphatic carboxylic acids is 1. The van der Waals surface area contributed by atoms with Gasteiger partial charge in [0, 0.05) is 5.56 Å². The van der Waals surface area contributed by atoms with Crippen LogP contribution >= 0.6 is 0 Å². The SMILES string of the molecule is CCOc1ccc(C(C)(C)C)cc1C(C)(N)C(=O)O. The van der Waals surface area contributed by atoms with Gasteiger partial charge in [-0.25, -0.2) is 4.79 Å². The smallest absolute Gasteiger partial charge is 0.328 e. The average Bonchev–Trinajstić information content (AvgIpc) is 2.28. The van der Waals surface area contributed by atoms with Crippen LogP contribution in [0, 0.1) is 0 Å². The van der Waals surface area contributed by atoms with Gasteiger partial charge in [0.15, 0.2) is 0 Å². The Hall–Kier alpha value is -1.55.